The summed E-state index contributed by atoms with van der Waals surface area (Å²) in [7, 11) is 0.497. The van der Waals surface area contributed by atoms with Gasteiger partial charge < -0.3 is 9.47 Å². The summed E-state index contributed by atoms with van der Waals surface area (Å²) >= 11 is 0. The minimum Gasteiger partial charge on any atom is -0.345 e. The van der Waals surface area contributed by atoms with Crippen LogP contribution in [0.4, 0.5) is 0 Å². The van der Waals surface area contributed by atoms with E-state index in [0.29, 0.717) is 9.79 Å². The standard InChI is InChI=1S/C18H20N2O2S.ClH/c1-19(2)12-13-20-14-18(16-10-6-7-11-17(16)20)23(21,22)15-8-4-3-5-9-15;/h3-11,14H,12-13H2,1-2H3;1H. The number of fused-ring (bicyclic) bond motifs is 1. The van der Waals surface area contributed by atoms with Crippen LogP contribution in [0, 0.1) is 0 Å². The van der Waals surface area contributed by atoms with Gasteiger partial charge in [-0.25, -0.2) is 8.42 Å². The van der Waals surface area contributed by atoms with E-state index in [0.717, 1.165) is 24.0 Å². The summed E-state index contributed by atoms with van der Waals surface area (Å²) in [6.07, 6.45) is 1.76. The molecule has 0 saturated carbocycles. The van der Waals surface area contributed by atoms with Crippen molar-refractivity contribution in [2.75, 3.05) is 20.6 Å². The Hall–Kier alpha value is -1.82. The second kappa shape index (κ2) is 7.38. The summed E-state index contributed by atoms with van der Waals surface area (Å²) in [5.41, 5.74) is 0.948. The third-order valence-corrected chi connectivity index (χ3v) is 5.68. The molecule has 0 N–H and O–H groups in total. The van der Waals surface area contributed by atoms with Gasteiger partial charge in [-0.05, 0) is 32.3 Å². The van der Waals surface area contributed by atoms with E-state index in [2.05, 4.69) is 4.90 Å². The van der Waals surface area contributed by atoms with E-state index in [4.69, 9.17) is 0 Å². The van der Waals surface area contributed by atoms with Crippen molar-refractivity contribution in [3.8, 4) is 0 Å². The Kier molecular flexibility index (Phi) is 5.70. The molecule has 3 aromatic rings. The largest absolute Gasteiger partial charge is 0.345 e. The lowest BCUT2D eigenvalue weighted by molar-refractivity contribution is 0.386. The van der Waals surface area contributed by atoms with Crippen LogP contribution in [0.1, 0.15) is 0 Å². The first-order valence-corrected chi connectivity index (χ1v) is 9.01. The highest BCUT2D eigenvalue weighted by molar-refractivity contribution is 7.91. The highest BCUT2D eigenvalue weighted by Gasteiger charge is 2.22. The van der Waals surface area contributed by atoms with E-state index in [-0.39, 0.29) is 12.4 Å². The molecule has 6 heteroatoms. The molecule has 0 aliphatic rings. The number of rotatable bonds is 5. The Balaban J connectivity index is 0.00000208. The highest BCUT2D eigenvalue weighted by Crippen LogP contribution is 2.30. The van der Waals surface area contributed by atoms with Crippen LogP contribution in [0.2, 0.25) is 0 Å². The molecule has 0 amide bonds. The van der Waals surface area contributed by atoms with Crippen LogP contribution >= 0.6 is 12.4 Å². The average Bonchev–Trinajstić information content (AvgIpc) is 2.93. The van der Waals surface area contributed by atoms with E-state index < -0.39 is 9.84 Å². The van der Waals surface area contributed by atoms with Gasteiger partial charge in [0.2, 0.25) is 9.84 Å². The van der Waals surface area contributed by atoms with Crippen molar-refractivity contribution in [3.63, 3.8) is 0 Å². The van der Waals surface area contributed by atoms with E-state index in [1.807, 2.05) is 49.0 Å². The Morgan fingerprint density at radius 2 is 1.58 bits per heavy atom. The van der Waals surface area contributed by atoms with E-state index >= 15 is 0 Å². The van der Waals surface area contributed by atoms with Crippen LogP contribution in [0.3, 0.4) is 0 Å². The van der Waals surface area contributed by atoms with Crippen molar-refractivity contribution in [2.24, 2.45) is 0 Å². The maximum absolute atomic E-state index is 13.0. The lowest BCUT2D eigenvalue weighted by atomic mass is 10.2. The maximum Gasteiger partial charge on any atom is 0.208 e. The van der Waals surface area contributed by atoms with Crippen molar-refractivity contribution in [1.29, 1.82) is 0 Å². The van der Waals surface area contributed by atoms with E-state index in [9.17, 15) is 8.42 Å². The van der Waals surface area contributed by atoms with Gasteiger partial charge >= 0.3 is 0 Å². The first kappa shape index (κ1) is 18.5. The molecule has 0 spiro atoms. The Morgan fingerprint density at radius 3 is 2.25 bits per heavy atom. The number of aromatic nitrogens is 1. The van der Waals surface area contributed by atoms with E-state index in [1.54, 1.807) is 30.5 Å². The number of sulfone groups is 1. The number of nitrogens with zero attached hydrogens (tertiary/aromatic N) is 2. The second-order valence-electron chi connectivity index (χ2n) is 5.82. The summed E-state index contributed by atoms with van der Waals surface area (Å²) in [5, 5.41) is 0.773. The summed E-state index contributed by atoms with van der Waals surface area (Å²) in [4.78, 5) is 2.79. The molecule has 0 radical (unpaired) electrons. The van der Waals surface area contributed by atoms with Gasteiger partial charge in [0.05, 0.1) is 9.79 Å². The van der Waals surface area contributed by atoms with Crippen molar-refractivity contribution in [1.82, 2.24) is 9.47 Å². The molecule has 24 heavy (non-hydrogen) atoms. The Labute approximate surface area is 149 Å². The zero-order chi connectivity index (χ0) is 16.4. The van der Waals surface area contributed by atoms with Crippen LogP contribution in [-0.2, 0) is 16.4 Å². The van der Waals surface area contributed by atoms with Crippen molar-refractivity contribution < 1.29 is 8.42 Å². The van der Waals surface area contributed by atoms with E-state index in [1.165, 1.54) is 0 Å². The van der Waals surface area contributed by atoms with Crippen molar-refractivity contribution >= 4 is 33.1 Å². The number of para-hydroxylation sites is 1. The molecule has 0 fully saturated rings. The predicted molar refractivity (Wildman–Crippen MR) is 99.6 cm³/mol. The van der Waals surface area contributed by atoms with Gasteiger partial charge in [-0.3, -0.25) is 0 Å². The normalized spacial score (nSPS) is 11.6. The maximum atomic E-state index is 13.0. The molecular formula is C18H21ClN2O2S. The monoisotopic (exact) mass is 364 g/mol. The fourth-order valence-corrected chi connectivity index (χ4v) is 4.14. The van der Waals surface area contributed by atoms with Gasteiger partial charge in [0.15, 0.2) is 0 Å². The average molecular weight is 365 g/mol. The number of likely N-dealkylation sites (N-methyl/N-ethyl adjacent to an activating group) is 1. The Bertz CT molecular complexity index is 919. The highest BCUT2D eigenvalue weighted by atomic mass is 35.5. The number of hydrogen-bond acceptors (Lipinski definition) is 3. The molecule has 3 rings (SSSR count). The van der Waals surface area contributed by atoms with Gasteiger partial charge in [-0.15, -0.1) is 12.4 Å². The summed E-state index contributed by atoms with van der Waals surface area (Å²) < 4.78 is 28.0. The fraction of sp³-hybridized carbons (Fsp3) is 0.222. The van der Waals surface area contributed by atoms with Crippen LogP contribution in [-0.4, -0.2) is 38.5 Å². The van der Waals surface area contributed by atoms with Crippen LogP contribution in [0.25, 0.3) is 10.9 Å². The quantitative estimate of drug-likeness (QED) is 0.696. The number of halogens is 1. The van der Waals surface area contributed by atoms with Crippen molar-refractivity contribution in [3.05, 3.63) is 60.8 Å². The van der Waals surface area contributed by atoms with Gasteiger partial charge in [0, 0.05) is 30.2 Å². The molecule has 0 bridgehead atoms. The van der Waals surface area contributed by atoms with Gasteiger partial charge in [-0.2, -0.15) is 0 Å². The van der Waals surface area contributed by atoms with Crippen molar-refractivity contribution in [2.45, 2.75) is 16.3 Å². The minimum absolute atomic E-state index is 0. The smallest absolute Gasteiger partial charge is 0.208 e. The molecule has 4 nitrogen and oxygen atoms in total. The molecule has 128 valence electrons. The number of hydrogen-bond donors (Lipinski definition) is 0. The fourth-order valence-electron chi connectivity index (χ4n) is 2.65. The predicted octanol–water partition coefficient (Wildman–Crippen LogP) is 3.46. The van der Waals surface area contributed by atoms with Gasteiger partial charge in [-0.1, -0.05) is 36.4 Å². The zero-order valence-electron chi connectivity index (χ0n) is 13.7. The lowest BCUT2D eigenvalue weighted by Gasteiger charge is -2.10. The third-order valence-electron chi connectivity index (χ3n) is 3.88. The van der Waals surface area contributed by atoms with Crippen LogP contribution in [0.15, 0.2) is 70.6 Å². The molecule has 0 atom stereocenters. The summed E-state index contributed by atoms with van der Waals surface area (Å²) in [5.74, 6) is 0. The minimum atomic E-state index is -3.52. The SMILES string of the molecule is CN(C)CCn1cc(S(=O)(=O)c2ccccc2)c2ccccc21.Cl. The topological polar surface area (TPSA) is 42.3 Å². The molecule has 0 aliphatic carbocycles. The molecule has 1 aromatic heterocycles. The summed E-state index contributed by atoms with van der Waals surface area (Å²) in [6, 6.07) is 16.3. The summed E-state index contributed by atoms with van der Waals surface area (Å²) in [6.45, 7) is 1.60. The molecule has 1 heterocycles. The Morgan fingerprint density at radius 1 is 0.958 bits per heavy atom. The van der Waals surface area contributed by atoms with Crippen LogP contribution < -0.4 is 0 Å². The third kappa shape index (κ3) is 3.48. The van der Waals surface area contributed by atoms with Gasteiger partial charge in [0.1, 0.15) is 0 Å². The molecule has 0 saturated heterocycles. The first-order valence-electron chi connectivity index (χ1n) is 7.53. The van der Waals surface area contributed by atoms with Crippen LogP contribution in [0.5, 0.6) is 0 Å². The number of benzene rings is 2. The zero-order valence-corrected chi connectivity index (χ0v) is 15.3. The molecule has 0 unspecified atom stereocenters. The van der Waals surface area contributed by atoms with Gasteiger partial charge in [0.25, 0.3) is 0 Å². The molecule has 2 aromatic carbocycles. The molecule has 0 aliphatic heterocycles. The lowest BCUT2D eigenvalue weighted by Crippen LogP contribution is -2.17. The first-order chi connectivity index (χ1) is 11.0. The second-order valence-corrected chi connectivity index (χ2v) is 7.74. The molecular weight excluding hydrogens is 344 g/mol.